The SMILES string of the molecule is CC(=O)N[C@H]1CC[C@](CNC(=O)Cn2nc(C)cc2C(F)F)(c2ccccc2)CC[C@@H]1O. The lowest BCUT2D eigenvalue weighted by atomic mass is 9.74. The monoisotopic (exact) mass is 448 g/mol. The van der Waals surface area contributed by atoms with Crippen molar-refractivity contribution in [3.8, 4) is 0 Å². The van der Waals surface area contributed by atoms with Gasteiger partial charge in [-0.05, 0) is 44.2 Å². The van der Waals surface area contributed by atoms with Gasteiger partial charge in [-0.3, -0.25) is 14.3 Å². The van der Waals surface area contributed by atoms with Crippen LogP contribution in [0.15, 0.2) is 36.4 Å². The number of nitrogens with zero attached hydrogens (tertiary/aromatic N) is 2. The molecule has 1 aliphatic carbocycles. The first kappa shape index (κ1) is 23.8. The lowest BCUT2D eigenvalue weighted by Gasteiger charge is -2.34. The standard InChI is InChI=1S/C23H30F2N4O3/c1-15-12-19(22(24)25)29(28-15)13-21(32)26-14-23(17-6-4-3-5-7-17)10-8-18(27-16(2)30)20(31)9-11-23/h3-7,12,18,20,22,31H,8-11,13-14H2,1-2H3,(H,26,32)(H,27,30)/t18-,20-,23-/m0/s1. The van der Waals surface area contributed by atoms with Crippen LogP contribution in [0.1, 0.15) is 56.0 Å². The Morgan fingerprint density at radius 2 is 1.94 bits per heavy atom. The molecule has 3 rings (SSSR count). The van der Waals surface area contributed by atoms with Crippen LogP contribution in [-0.2, 0) is 21.5 Å². The van der Waals surface area contributed by atoms with Gasteiger partial charge in [0.1, 0.15) is 12.2 Å². The fourth-order valence-electron chi connectivity index (χ4n) is 4.49. The first-order chi connectivity index (χ1) is 15.2. The van der Waals surface area contributed by atoms with Crippen molar-refractivity contribution in [1.82, 2.24) is 20.4 Å². The summed E-state index contributed by atoms with van der Waals surface area (Å²) in [6.45, 7) is 3.02. The van der Waals surface area contributed by atoms with Gasteiger partial charge in [0.15, 0.2) is 0 Å². The molecule has 0 unspecified atom stereocenters. The zero-order valence-electron chi connectivity index (χ0n) is 18.4. The minimum atomic E-state index is -2.71. The number of benzene rings is 1. The van der Waals surface area contributed by atoms with Crippen LogP contribution in [0.3, 0.4) is 0 Å². The maximum absolute atomic E-state index is 13.2. The molecule has 1 fully saturated rings. The topological polar surface area (TPSA) is 96.3 Å². The Bertz CT molecular complexity index is 935. The lowest BCUT2D eigenvalue weighted by molar-refractivity contribution is -0.122. The van der Waals surface area contributed by atoms with Crippen LogP contribution in [0.5, 0.6) is 0 Å². The summed E-state index contributed by atoms with van der Waals surface area (Å²) in [6.07, 6.45) is -1.13. The Labute approximate surface area is 186 Å². The summed E-state index contributed by atoms with van der Waals surface area (Å²) in [5.74, 6) is -0.604. The van der Waals surface area contributed by atoms with E-state index in [-0.39, 0.29) is 24.2 Å². The molecule has 32 heavy (non-hydrogen) atoms. The van der Waals surface area contributed by atoms with Crippen molar-refractivity contribution in [2.75, 3.05) is 6.54 Å². The maximum Gasteiger partial charge on any atom is 0.280 e. The Hall–Kier alpha value is -2.81. The molecule has 0 radical (unpaired) electrons. The molecule has 1 aromatic carbocycles. The van der Waals surface area contributed by atoms with Gasteiger partial charge in [0, 0.05) is 18.9 Å². The van der Waals surface area contributed by atoms with Gasteiger partial charge in [0.05, 0.1) is 17.8 Å². The fraction of sp³-hybridized carbons (Fsp3) is 0.522. The largest absolute Gasteiger partial charge is 0.391 e. The van der Waals surface area contributed by atoms with Gasteiger partial charge < -0.3 is 15.7 Å². The molecule has 9 heteroatoms. The Kier molecular flexibility index (Phi) is 7.60. The van der Waals surface area contributed by atoms with Crippen LogP contribution >= 0.6 is 0 Å². The second-order valence-corrected chi connectivity index (χ2v) is 8.54. The second kappa shape index (κ2) is 10.2. The first-order valence-electron chi connectivity index (χ1n) is 10.8. The zero-order chi connectivity index (χ0) is 23.3. The highest BCUT2D eigenvalue weighted by atomic mass is 19.3. The minimum absolute atomic E-state index is 0.195. The third kappa shape index (κ3) is 5.70. The number of aliphatic hydroxyl groups excluding tert-OH is 1. The van der Waals surface area contributed by atoms with E-state index in [2.05, 4.69) is 15.7 Å². The fourth-order valence-corrected chi connectivity index (χ4v) is 4.49. The molecule has 3 atom stereocenters. The summed E-state index contributed by atoms with van der Waals surface area (Å²) >= 11 is 0. The Morgan fingerprint density at radius 1 is 1.25 bits per heavy atom. The molecule has 7 nitrogen and oxygen atoms in total. The van der Waals surface area contributed by atoms with Gasteiger partial charge in [-0.1, -0.05) is 30.3 Å². The third-order valence-corrected chi connectivity index (χ3v) is 6.17. The number of rotatable bonds is 7. The number of aromatic nitrogens is 2. The van der Waals surface area contributed by atoms with Crippen molar-refractivity contribution in [2.24, 2.45) is 0 Å². The van der Waals surface area contributed by atoms with Crippen LogP contribution in [-0.4, -0.2) is 45.4 Å². The lowest BCUT2D eigenvalue weighted by Crippen LogP contribution is -2.42. The van der Waals surface area contributed by atoms with E-state index in [0.29, 0.717) is 37.9 Å². The van der Waals surface area contributed by atoms with E-state index in [1.54, 1.807) is 6.92 Å². The average Bonchev–Trinajstić information content (AvgIpc) is 3.04. The molecule has 1 aromatic heterocycles. The number of nitrogens with one attached hydrogen (secondary N) is 2. The first-order valence-corrected chi connectivity index (χ1v) is 10.8. The number of aliphatic hydroxyl groups is 1. The molecule has 1 heterocycles. The predicted octanol–water partition coefficient (Wildman–Crippen LogP) is 2.62. The van der Waals surface area contributed by atoms with Crippen molar-refractivity contribution in [3.05, 3.63) is 53.3 Å². The number of amides is 2. The van der Waals surface area contributed by atoms with Gasteiger partial charge in [-0.25, -0.2) is 8.78 Å². The maximum atomic E-state index is 13.2. The highest BCUT2D eigenvalue weighted by molar-refractivity contribution is 5.76. The van der Waals surface area contributed by atoms with Crippen LogP contribution in [0.4, 0.5) is 8.78 Å². The summed E-state index contributed by atoms with van der Waals surface area (Å²) in [5.41, 5.74) is 0.720. The predicted molar refractivity (Wildman–Crippen MR) is 115 cm³/mol. The van der Waals surface area contributed by atoms with E-state index in [1.165, 1.54) is 13.0 Å². The van der Waals surface area contributed by atoms with Crippen molar-refractivity contribution in [1.29, 1.82) is 0 Å². The van der Waals surface area contributed by atoms with E-state index in [9.17, 15) is 23.5 Å². The number of hydrogen-bond acceptors (Lipinski definition) is 4. The van der Waals surface area contributed by atoms with Gasteiger partial charge in [0.2, 0.25) is 11.8 Å². The number of alkyl halides is 2. The zero-order valence-corrected chi connectivity index (χ0v) is 18.4. The molecule has 0 saturated heterocycles. The van der Waals surface area contributed by atoms with Crippen molar-refractivity contribution in [2.45, 2.75) is 70.1 Å². The van der Waals surface area contributed by atoms with Crippen LogP contribution in [0.2, 0.25) is 0 Å². The molecule has 0 bridgehead atoms. The van der Waals surface area contributed by atoms with Crippen LogP contribution in [0.25, 0.3) is 0 Å². The summed E-state index contributed by atoms with van der Waals surface area (Å²) in [7, 11) is 0. The van der Waals surface area contributed by atoms with E-state index in [0.717, 1.165) is 10.2 Å². The summed E-state index contributed by atoms with van der Waals surface area (Å²) < 4.78 is 27.5. The molecule has 1 saturated carbocycles. The van der Waals surface area contributed by atoms with E-state index in [1.807, 2.05) is 30.3 Å². The minimum Gasteiger partial charge on any atom is -0.391 e. The van der Waals surface area contributed by atoms with Gasteiger partial charge in [-0.2, -0.15) is 5.10 Å². The summed E-state index contributed by atoms with van der Waals surface area (Å²) in [4.78, 5) is 24.2. The highest BCUT2D eigenvalue weighted by Gasteiger charge is 2.38. The number of carbonyl (C=O) groups excluding carboxylic acids is 2. The molecule has 2 amide bonds. The quantitative estimate of drug-likeness (QED) is 0.568. The molecule has 3 N–H and O–H groups in total. The van der Waals surface area contributed by atoms with Crippen molar-refractivity contribution >= 4 is 11.8 Å². The molecule has 174 valence electrons. The van der Waals surface area contributed by atoms with Crippen molar-refractivity contribution < 1.29 is 23.5 Å². The van der Waals surface area contributed by atoms with Gasteiger partial charge >= 0.3 is 0 Å². The number of carbonyl (C=O) groups is 2. The normalized spacial score (nSPS) is 23.6. The summed E-state index contributed by atoms with van der Waals surface area (Å²) in [6, 6.07) is 10.7. The third-order valence-electron chi connectivity index (χ3n) is 6.17. The second-order valence-electron chi connectivity index (χ2n) is 8.54. The van der Waals surface area contributed by atoms with Crippen LogP contribution in [0, 0.1) is 6.92 Å². The molecule has 2 aromatic rings. The van der Waals surface area contributed by atoms with E-state index < -0.39 is 23.9 Å². The number of halogens is 2. The molecular formula is C23H30F2N4O3. The van der Waals surface area contributed by atoms with Gasteiger partial charge in [0.25, 0.3) is 6.43 Å². The van der Waals surface area contributed by atoms with Gasteiger partial charge in [-0.15, -0.1) is 0 Å². The smallest absolute Gasteiger partial charge is 0.280 e. The number of aryl methyl sites for hydroxylation is 1. The Morgan fingerprint density at radius 3 is 2.59 bits per heavy atom. The van der Waals surface area contributed by atoms with E-state index >= 15 is 0 Å². The highest BCUT2D eigenvalue weighted by Crippen LogP contribution is 2.38. The number of hydrogen-bond donors (Lipinski definition) is 3. The molecule has 0 spiro atoms. The average molecular weight is 449 g/mol. The van der Waals surface area contributed by atoms with E-state index in [4.69, 9.17) is 0 Å². The molecule has 0 aliphatic heterocycles. The van der Waals surface area contributed by atoms with Crippen molar-refractivity contribution in [3.63, 3.8) is 0 Å². The molecular weight excluding hydrogens is 418 g/mol. The summed E-state index contributed by atoms with van der Waals surface area (Å²) in [5, 5.41) is 20.3. The van der Waals surface area contributed by atoms with Crippen LogP contribution < -0.4 is 10.6 Å². The Balaban J connectivity index is 1.76. The molecule has 1 aliphatic rings.